The fourth-order valence-corrected chi connectivity index (χ4v) is 4.93. The molecule has 0 radical (unpaired) electrons. The average molecular weight is 414 g/mol. The van der Waals surface area contributed by atoms with E-state index in [9.17, 15) is 23.1 Å². The molecule has 0 bridgehead atoms. The van der Waals surface area contributed by atoms with Crippen molar-refractivity contribution in [2.45, 2.75) is 37.1 Å². The van der Waals surface area contributed by atoms with Crippen molar-refractivity contribution < 1.29 is 23.1 Å². The summed E-state index contributed by atoms with van der Waals surface area (Å²) in [7, 11) is -3.58. The van der Waals surface area contributed by atoms with Gasteiger partial charge in [-0.15, -0.1) is 0 Å². The highest BCUT2D eigenvalue weighted by atomic mass is 32.2. The van der Waals surface area contributed by atoms with E-state index in [1.807, 2.05) is 13.2 Å². The highest BCUT2D eigenvalue weighted by Gasteiger charge is 2.32. The highest BCUT2D eigenvalue weighted by Crippen LogP contribution is 2.24. The summed E-state index contributed by atoms with van der Waals surface area (Å²) < 4.78 is 26.8. The van der Waals surface area contributed by atoms with Crippen molar-refractivity contribution in [2.75, 3.05) is 25.1 Å². The zero-order chi connectivity index (χ0) is 20.0. The van der Waals surface area contributed by atoms with Gasteiger partial charge in [0, 0.05) is 19.0 Å². The third-order valence-corrected chi connectivity index (χ3v) is 7.25. The van der Waals surface area contributed by atoms with E-state index in [2.05, 4.69) is 5.32 Å². The van der Waals surface area contributed by atoms with Gasteiger partial charge in [-0.25, -0.2) is 8.42 Å². The van der Waals surface area contributed by atoms with Gasteiger partial charge in [0.2, 0.25) is 15.9 Å². The minimum Gasteiger partial charge on any atom is -0.548 e. The second-order valence-electron chi connectivity index (χ2n) is 6.65. The zero-order valence-corrected chi connectivity index (χ0v) is 17.1. The Balaban J connectivity index is 1.94. The van der Waals surface area contributed by atoms with Gasteiger partial charge in [-0.2, -0.15) is 16.1 Å². The Labute approximate surface area is 164 Å². The number of benzene rings is 1. The summed E-state index contributed by atoms with van der Waals surface area (Å²) >= 11 is 1.50. The molecule has 1 saturated heterocycles. The molecule has 1 fully saturated rings. The summed E-state index contributed by atoms with van der Waals surface area (Å²) in [6.45, 7) is 2.35. The number of piperidine rings is 1. The molecule has 1 atom stereocenters. The van der Waals surface area contributed by atoms with Gasteiger partial charge in [0.25, 0.3) is 0 Å². The number of carbonyl (C=O) groups excluding carboxylic acids is 2. The van der Waals surface area contributed by atoms with Crippen molar-refractivity contribution in [1.82, 2.24) is 9.62 Å². The zero-order valence-electron chi connectivity index (χ0n) is 15.5. The van der Waals surface area contributed by atoms with Crippen molar-refractivity contribution in [2.24, 2.45) is 5.92 Å². The van der Waals surface area contributed by atoms with E-state index < -0.39 is 28.0 Å². The lowest BCUT2D eigenvalue weighted by molar-refractivity contribution is -0.308. The number of aryl methyl sites for hydroxylation is 1. The van der Waals surface area contributed by atoms with Crippen LogP contribution in [0.4, 0.5) is 0 Å². The average Bonchev–Trinajstić information content (AvgIpc) is 2.65. The van der Waals surface area contributed by atoms with Crippen molar-refractivity contribution in [3.05, 3.63) is 29.8 Å². The normalized spacial score (nSPS) is 17.4. The number of carboxylic acids is 1. The van der Waals surface area contributed by atoms with E-state index in [0.29, 0.717) is 25.0 Å². The van der Waals surface area contributed by atoms with Crippen LogP contribution in [0.25, 0.3) is 0 Å². The van der Waals surface area contributed by atoms with Gasteiger partial charge < -0.3 is 15.2 Å². The van der Waals surface area contributed by atoms with Crippen LogP contribution in [0, 0.1) is 12.8 Å². The molecule has 0 aromatic heterocycles. The molecule has 1 amide bonds. The maximum atomic E-state index is 12.7. The Kier molecular flexibility index (Phi) is 7.69. The summed E-state index contributed by atoms with van der Waals surface area (Å²) in [6, 6.07) is 5.65. The first kappa shape index (κ1) is 21.7. The largest absolute Gasteiger partial charge is 0.548 e. The van der Waals surface area contributed by atoms with Crippen LogP contribution in [-0.2, 0) is 19.6 Å². The summed E-state index contributed by atoms with van der Waals surface area (Å²) in [6.07, 6.45) is 2.88. The van der Waals surface area contributed by atoms with Gasteiger partial charge in [-0.05, 0) is 50.3 Å². The Bertz CT molecular complexity index is 756. The number of thioether (sulfide) groups is 1. The van der Waals surface area contributed by atoms with E-state index in [-0.39, 0.29) is 23.9 Å². The summed E-state index contributed by atoms with van der Waals surface area (Å²) in [5.74, 6) is -1.44. The molecule has 1 aromatic carbocycles. The number of nitrogens with zero attached hydrogens (tertiary/aromatic N) is 1. The predicted molar refractivity (Wildman–Crippen MR) is 103 cm³/mol. The second-order valence-corrected chi connectivity index (χ2v) is 9.58. The van der Waals surface area contributed by atoms with Gasteiger partial charge in [-0.1, -0.05) is 17.7 Å². The van der Waals surface area contributed by atoms with Crippen LogP contribution in [0.1, 0.15) is 24.8 Å². The van der Waals surface area contributed by atoms with Crippen LogP contribution in [0.2, 0.25) is 0 Å². The fraction of sp³-hybridized carbons (Fsp3) is 0.556. The number of amides is 1. The number of rotatable bonds is 8. The Morgan fingerprint density at radius 1 is 1.26 bits per heavy atom. The topological polar surface area (TPSA) is 107 Å². The van der Waals surface area contributed by atoms with Crippen molar-refractivity contribution in [1.29, 1.82) is 0 Å². The Morgan fingerprint density at radius 3 is 2.37 bits per heavy atom. The standard InChI is InChI=1S/C18H26N2O5S2/c1-13-3-5-15(6-4-13)27(24,25)20-10-7-14(8-11-20)17(21)19-16(18(22)23)9-12-26-2/h3-6,14,16H,7-12H2,1-2H3,(H,19,21)(H,22,23)/p-1/t16-/m1/s1. The molecule has 1 aliphatic rings. The lowest BCUT2D eigenvalue weighted by Crippen LogP contribution is -2.51. The molecule has 0 unspecified atom stereocenters. The molecule has 1 aromatic rings. The maximum absolute atomic E-state index is 12.7. The molecule has 7 nitrogen and oxygen atoms in total. The quantitative estimate of drug-likeness (QED) is 0.660. The highest BCUT2D eigenvalue weighted by molar-refractivity contribution is 7.98. The molecular weight excluding hydrogens is 388 g/mol. The molecule has 27 heavy (non-hydrogen) atoms. The molecule has 0 saturated carbocycles. The minimum absolute atomic E-state index is 0.231. The summed E-state index contributed by atoms with van der Waals surface area (Å²) in [5.41, 5.74) is 0.980. The number of carbonyl (C=O) groups is 2. The maximum Gasteiger partial charge on any atom is 0.243 e. The van der Waals surface area contributed by atoms with E-state index in [4.69, 9.17) is 0 Å². The van der Waals surface area contributed by atoms with Crippen LogP contribution in [0.3, 0.4) is 0 Å². The molecule has 0 spiro atoms. The van der Waals surface area contributed by atoms with E-state index >= 15 is 0 Å². The number of sulfonamides is 1. The molecular formula is C18H25N2O5S2-. The molecule has 0 aliphatic carbocycles. The van der Waals surface area contributed by atoms with Crippen molar-refractivity contribution in [3.63, 3.8) is 0 Å². The molecule has 2 rings (SSSR count). The fourth-order valence-electron chi connectivity index (χ4n) is 2.99. The van der Waals surface area contributed by atoms with Crippen LogP contribution in [0.5, 0.6) is 0 Å². The van der Waals surface area contributed by atoms with E-state index in [1.54, 1.807) is 24.3 Å². The summed E-state index contributed by atoms with van der Waals surface area (Å²) in [5, 5.41) is 13.7. The second kappa shape index (κ2) is 9.57. The predicted octanol–water partition coefficient (Wildman–Crippen LogP) is 0.384. The van der Waals surface area contributed by atoms with Crippen LogP contribution < -0.4 is 10.4 Å². The first-order valence-corrected chi connectivity index (χ1v) is 11.7. The van der Waals surface area contributed by atoms with Crippen molar-refractivity contribution in [3.8, 4) is 0 Å². The number of aliphatic carboxylic acids is 1. The lowest BCUT2D eigenvalue weighted by atomic mass is 9.96. The lowest BCUT2D eigenvalue weighted by Gasteiger charge is -2.31. The van der Waals surface area contributed by atoms with Gasteiger partial charge in [-0.3, -0.25) is 4.79 Å². The minimum atomic E-state index is -3.58. The number of hydrogen-bond acceptors (Lipinski definition) is 6. The van der Waals surface area contributed by atoms with Crippen LogP contribution in [0.15, 0.2) is 29.2 Å². The van der Waals surface area contributed by atoms with Gasteiger partial charge >= 0.3 is 0 Å². The SMILES string of the molecule is CSCC[C@@H](NC(=O)C1CCN(S(=O)(=O)c2ccc(C)cc2)CC1)C(=O)[O-]. The molecule has 9 heteroatoms. The van der Waals surface area contributed by atoms with E-state index in [1.165, 1.54) is 16.1 Å². The van der Waals surface area contributed by atoms with Gasteiger partial charge in [0.1, 0.15) is 0 Å². The van der Waals surface area contributed by atoms with Crippen LogP contribution >= 0.6 is 11.8 Å². The third-order valence-electron chi connectivity index (χ3n) is 4.70. The smallest absolute Gasteiger partial charge is 0.243 e. The monoisotopic (exact) mass is 413 g/mol. The molecule has 1 aliphatic heterocycles. The number of carboxylic acid groups (broad SMARTS) is 1. The third kappa shape index (κ3) is 5.70. The van der Waals surface area contributed by atoms with Crippen molar-refractivity contribution >= 4 is 33.7 Å². The van der Waals surface area contributed by atoms with Gasteiger partial charge in [0.05, 0.1) is 16.9 Å². The first-order chi connectivity index (χ1) is 12.8. The van der Waals surface area contributed by atoms with E-state index in [0.717, 1.165) is 5.56 Å². The first-order valence-electron chi connectivity index (χ1n) is 8.82. The molecule has 1 N–H and O–H groups in total. The Morgan fingerprint density at radius 2 is 1.85 bits per heavy atom. The molecule has 1 heterocycles. The van der Waals surface area contributed by atoms with Gasteiger partial charge in [0.15, 0.2) is 0 Å². The number of hydrogen-bond donors (Lipinski definition) is 1. The Hall–Kier alpha value is -1.58. The summed E-state index contributed by atoms with van der Waals surface area (Å²) in [4.78, 5) is 23.8. The molecule has 150 valence electrons. The number of nitrogens with one attached hydrogen (secondary N) is 1. The van der Waals surface area contributed by atoms with Crippen LogP contribution in [-0.4, -0.2) is 55.7 Å².